The van der Waals surface area contributed by atoms with Gasteiger partial charge < -0.3 is 15.2 Å². The molecule has 0 unspecified atom stereocenters. The van der Waals surface area contributed by atoms with Gasteiger partial charge in [0.1, 0.15) is 21.4 Å². The molecule has 1 heterocycles. The fraction of sp³-hybridized carbons (Fsp3) is 0.406. The van der Waals surface area contributed by atoms with Crippen molar-refractivity contribution in [1.82, 2.24) is 0 Å². The van der Waals surface area contributed by atoms with Gasteiger partial charge in [0, 0.05) is 17.8 Å². The van der Waals surface area contributed by atoms with E-state index in [4.69, 9.17) is 9.84 Å². The molecular weight excluding hydrogens is 529 g/mol. The predicted molar refractivity (Wildman–Crippen MR) is 153 cm³/mol. The van der Waals surface area contributed by atoms with E-state index in [0.29, 0.717) is 38.0 Å². The van der Waals surface area contributed by atoms with Gasteiger partial charge in [-0.2, -0.15) is 0 Å². The fourth-order valence-electron chi connectivity index (χ4n) is 6.05. The Bertz CT molecular complexity index is 1520. The number of nitrogens with one attached hydrogen (secondary N) is 1. The van der Waals surface area contributed by atoms with Gasteiger partial charge in [0.25, 0.3) is 0 Å². The highest BCUT2D eigenvalue weighted by atomic mass is 32.2. The molecule has 0 spiro atoms. The summed E-state index contributed by atoms with van der Waals surface area (Å²) in [6.07, 6.45) is 4.61. The van der Waals surface area contributed by atoms with Crippen LogP contribution in [-0.4, -0.2) is 37.6 Å². The van der Waals surface area contributed by atoms with Crippen LogP contribution in [0.1, 0.15) is 53.9 Å². The quantitative estimate of drug-likeness (QED) is 0.350. The number of rotatable bonds is 8. The normalized spacial score (nSPS) is 21.5. The van der Waals surface area contributed by atoms with Gasteiger partial charge in [-0.05, 0) is 115 Å². The Labute approximate surface area is 234 Å². The summed E-state index contributed by atoms with van der Waals surface area (Å²) in [5.74, 6) is 0.389. The maximum absolute atomic E-state index is 15.1. The van der Waals surface area contributed by atoms with Crippen molar-refractivity contribution in [3.63, 3.8) is 0 Å². The number of hydrogen-bond acceptors (Lipinski definition) is 5. The number of anilines is 1. The van der Waals surface area contributed by atoms with Gasteiger partial charge in [-0.3, -0.25) is 4.79 Å². The molecule has 40 heavy (non-hydrogen) atoms. The molecule has 0 amide bonds. The summed E-state index contributed by atoms with van der Waals surface area (Å²) in [5, 5.41) is 12.5. The van der Waals surface area contributed by atoms with Crippen molar-refractivity contribution in [2.75, 3.05) is 23.4 Å². The lowest BCUT2D eigenvalue weighted by Gasteiger charge is -2.22. The second kappa shape index (κ2) is 10.9. The molecule has 1 saturated carbocycles. The topological polar surface area (TPSA) is 92.7 Å². The molecule has 6 nitrogen and oxygen atoms in total. The van der Waals surface area contributed by atoms with Crippen molar-refractivity contribution in [3.8, 4) is 16.9 Å². The van der Waals surface area contributed by atoms with E-state index in [2.05, 4.69) is 17.4 Å². The maximum Gasteiger partial charge on any atom is 0.307 e. The first-order chi connectivity index (χ1) is 19.3. The van der Waals surface area contributed by atoms with E-state index < -0.39 is 15.8 Å². The van der Waals surface area contributed by atoms with Crippen molar-refractivity contribution in [3.05, 3.63) is 82.7 Å². The molecule has 2 N–H and O–H groups in total. The predicted octanol–water partition coefficient (Wildman–Crippen LogP) is 5.99. The molecule has 2 fully saturated rings. The lowest BCUT2D eigenvalue weighted by atomic mass is 9.94. The summed E-state index contributed by atoms with van der Waals surface area (Å²) in [7, 11) is -2.88. The van der Waals surface area contributed by atoms with Crippen LogP contribution in [0.3, 0.4) is 0 Å². The fourth-order valence-corrected chi connectivity index (χ4v) is 7.64. The van der Waals surface area contributed by atoms with Crippen molar-refractivity contribution < 1.29 is 27.4 Å². The van der Waals surface area contributed by atoms with Crippen LogP contribution in [-0.2, 0) is 34.0 Å². The minimum atomic E-state index is -2.88. The van der Waals surface area contributed by atoms with E-state index in [1.165, 1.54) is 5.56 Å². The summed E-state index contributed by atoms with van der Waals surface area (Å²) < 4.78 is 44.6. The average molecular weight is 564 g/mol. The molecule has 0 bridgehead atoms. The third-order valence-corrected chi connectivity index (χ3v) is 10.3. The number of aryl methyl sites for hydroxylation is 2. The summed E-state index contributed by atoms with van der Waals surface area (Å²) in [5.41, 5.74) is 6.84. The second-order valence-electron chi connectivity index (χ2n) is 11.4. The van der Waals surface area contributed by atoms with E-state index in [0.717, 1.165) is 53.0 Å². The van der Waals surface area contributed by atoms with Gasteiger partial charge in [-0.1, -0.05) is 18.2 Å². The minimum Gasteiger partial charge on any atom is -0.493 e. The van der Waals surface area contributed by atoms with E-state index in [-0.39, 0.29) is 35.1 Å². The maximum atomic E-state index is 15.1. The highest BCUT2D eigenvalue weighted by molar-refractivity contribution is 7.91. The Morgan fingerprint density at radius 2 is 1.70 bits per heavy atom. The highest BCUT2D eigenvalue weighted by Crippen LogP contribution is 2.47. The number of aliphatic carboxylic acids is 1. The Balaban J connectivity index is 1.14. The number of carboxylic acid groups (broad SMARTS) is 1. The van der Waals surface area contributed by atoms with E-state index in [9.17, 15) is 13.2 Å². The molecule has 3 aliphatic rings. The first kappa shape index (κ1) is 26.8. The zero-order valence-electron chi connectivity index (χ0n) is 22.4. The number of hydrogen-bond donors (Lipinski definition) is 2. The van der Waals surface area contributed by atoms with Crippen LogP contribution in [0.4, 0.5) is 10.1 Å². The number of benzene rings is 3. The van der Waals surface area contributed by atoms with Crippen LogP contribution in [0.15, 0.2) is 54.6 Å². The van der Waals surface area contributed by atoms with E-state index in [1.54, 1.807) is 6.07 Å². The monoisotopic (exact) mass is 563 g/mol. The number of sulfone groups is 1. The number of ether oxygens (including phenoxy) is 1. The molecule has 6 rings (SSSR count). The lowest BCUT2D eigenvalue weighted by Crippen LogP contribution is -2.26. The molecule has 0 radical (unpaired) electrons. The first-order valence-electron chi connectivity index (χ1n) is 14.1. The highest BCUT2D eigenvalue weighted by Gasteiger charge is 2.44. The molecule has 0 aromatic heterocycles. The number of carboxylic acids is 1. The standard InChI is InChI=1S/C32H34FNO5S/c33-31-16-23-3-1-2-22-14-26(39-19-20-10-12-40(37,38)13-11-20)8-9-27(22)28(23)15-24(31)18-34-25-6-4-21(5-7-25)29-17-30(29)32(35)36/h4-9,14-16,20,29-30,34H,1-3,10-13,17-19H2,(H,35,36)/t29-,30+/m1/s1. The van der Waals surface area contributed by atoms with Crippen LogP contribution in [0.5, 0.6) is 5.75 Å². The minimum absolute atomic E-state index is 0.0886. The third-order valence-electron chi connectivity index (χ3n) is 8.62. The van der Waals surface area contributed by atoms with Gasteiger partial charge >= 0.3 is 5.97 Å². The van der Waals surface area contributed by atoms with Crippen LogP contribution in [0, 0.1) is 17.7 Å². The van der Waals surface area contributed by atoms with Gasteiger partial charge in [0.15, 0.2) is 0 Å². The van der Waals surface area contributed by atoms with Crippen LogP contribution < -0.4 is 10.1 Å². The molecule has 1 aliphatic heterocycles. The lowest BCUT2D eigenvalue weighted by molar-refractivity contribution is -0.138. The average Bonchev–Trinajstić information content (AvgIpc) is 3.76. The Morgan fingerprint density at radius 1 is 0.975 bits per heavy atom. The SMILES string of the molecule is O=C(O)[C@H]1C[C@@H]1c1ccc(NCc2cc3c(cc2F)CCCc2cc(OCC4CCS(=O)(=O)CC4)ccc2-3)cc1. The smallest absolute Gasteiger partial charge is 0.307 e. The zero-order valence-corrected chi connectivity index (χ0v) is 23.2. The molecular formula is C32H34FNO5S. The first-order valence-corrected chi connectivity index (χ1v) is 15.9. The second-order valence-corrected chi connectivity index (χ2v) is 13.7. The summed E-state index contributed by atoms with van der Waals surface area (Å²) >= 11 is 0. The summed E-state index contributed by atoms with van der Waals surface area (Å²) in [4.78, 5) is 11.2. The van der Waals surface area contributed by atoms with Gasteiger partial charge in [0.05, 0.1) is 24.0 Å². The number of fused-ring (bicyclic) bond motifs is 3. The van der Waals surface area contributed by atoms with Gasteiger partial charge in [-0.25, -0.2) is 12.8 Å². The zero-order chi connectivity index (χ0) is 27.9. The van der Waals surface area contributed by atoms with E-state index in [1.807, 2.05) is 36.4 Å². The summed E-state index contributed by atoms with van der Waals surface area (Å²) in [6.45, 7) is 0.862. The van der Waals surface area contributed by atoms with Crippen molar-refractivity contribution in [2.45, 2.75) is 51.0 Å². The number of carbonyl (C=O) groups is 1. The molecule has 2 aliphatic carbocycles. The molecule has 8 heteroatoms. The molecule has 3 aromatic rings. The summed E-state index contributed by atoms with van der Waals surface area (Å²) in [6, 6.07) is 17.5. The van der Waals surface area contributed by atoms with Crippen LogP contribution >= 0.6 is 0 Å². The molecule has 1 saturated heterocycles. The Kier molecular flexibility index (Phi) is 7.29. The Morgan fingerprint density at radius 3 is 2.40 bits per heavy atom. The van der Waals surface area contributed by atoms with Crippen molar-refractivity contribution >= 4 is 21.5 Å². The molecule has 3 aromatic carbocycles. The van der Waals surface area contributed by atoms with Gasteiger partial charge in [0.2, 0.25) is 0 Å². The van der Waals surface area contributed by atoms with E-state index >= 15 is 4.39 Å². The Hall–Kier alpha value is -3.39. The van der Waals surface area contributed by atoms with Crippen molar-refractivity contribution in [1.29, 1.82) is 0 Å². The molecule has 2 atom stereocenters. The van der Waals surface area contributed by atoms with Crippen LogP contribution in [0.2, 0.25) is 0 Å². The largest absolute Gasteiger partial charge is 0.493 e. The number of halogens is 1. The third kappa shape index (κ3) is 5.87. The van der Waals surface area contributed by atoms with Crippen molar-refractivity contribution in [2.24, 2.45) is 11.8 Å². The molecule has 210 valence electrons. The van der Waals surface area contributed by atoms with Gasteiger partial charge in [-0.15, -0.1) is 0 Å². The van der Waals surface area contributed by atoms with Crippen LogP contribution in [0.25, 0.3) is 11.1 Å².